The number of Topliss-reactive ketones (excluding diaryl/α,β-unsaturated/α-hetero) is 1. The highest BCUT2D eigenvalue weighted by atomic mass is 79.9. The van der Waals surface area contributed by atoms with Crippen LogP contribution in [-0.2, 0) is 25.2 Å². The number of esters is 1. The van der Waals surface area contributed by atoms with E-state index in [1.165, 1.54) is 21.3 Å². The average molecular weight is 624 g/mol. The molecule has 1 aliphatic rings. The minimum Gasteiger partial charge on any atom is -0.469 e. The maximum Gasteiger partial charge on any atom is 0.305 e. The fourth-order valence-corrected chi connectivity index (χ4v) is 7.52. The number of allylic oxidation sites excluding steroid dienone is 4. The number of hydrogen-bond donors (Lipinski definition) is 0. The minimum atomic E-state index is -1.98. The molecule has 1 aromatic heterocycles. The molecule has 38 heavy (non-hydrogen) atoms. The number of thiophene rings is 1. The second-order valence-corrected chi connectivity index (χ2v) is 18.8. The molecule has 0 N–H and O–H groups in total. The smallest absolute Gasteiger partial charge is 0.305 e. The number of carbonyl (C=O) groups is 2. The summed E-state index contributed by atoms with van der Waals surface area (Å²) in [6.45, 7) is 17.6. The van der Waals surface area contributed by atoms with Crippen molar-refractivity contribution in [3.05, 3.63) is 57.3 Å². The minimum absolute atomic E-state index is 0.00718. The number of halogens is 1. The van der Waals surface area contributed by atoms with E-state index in [1.54, 1.807) is 0 Å². The van der Waals surface area contributed by atoms with Crippen molar-refractivity contribution in [2.75, 3.05) is 7.11 Å². The van der Waals surface area contributed by atoms with Gasteiger partial charge < -0.3 is 9.16 Å². The number of hydrogen-bond acceptors (Lipinski definition) is 5. The fourth-order valence-electron chi connectivity index (χ4n) is 4.59. The lowest BCUT2D eigenvalue weighted by molar-refractivity contribution is -0.140. The van der Waals surface area contributed by atoms with Gasteiger partial charge in [0.2, 0.25) is 0 Å². The molecule has 212 valence electrons. The number of ketones is 1. The Morgan fingerprint density at radius 2 is 2.03 bits per heavy atom. The molecule has 1 aromatic rings. The normalized spacial score (nSPS) is 21.5. The average Bonchev–Trinajstić information content (AvgIpc) is 3.33. The molecule has 4 nitrogen and oxygen atoms in total. The molecule has 0 radical (unpaired) electrons. The molecule has 1 aliphatic carbocycles. The quantitative estimate of drug-likeness (QED) is 0.0899. The van der Waals surface area contributed by atoms with Gasteiger partial charge in [0.25, 0.3) is 0 Å². The first-order valence-corrected chi connectivity index (χ1v) is 18.3. The van der Waals surface area contributed by atoms with Crippen molar-refractivity contribution in [1.82, 2.24) is 0 Å². The summed E-state index contributed by atoms with van der Waals surface area (Å²) in [7, 11) is -0.563. The lowest BCUT2D eigenvalue weighted by Crippen LogP contribution is -2.43. The van der Waals surface area contributed by atoms with Crippen molar-refractivity contribution < 1.29 is 18.8 Å². The number of aryl methyl sites for hydroxylation is 2. The summed E-state index contributed by atoms with van der Waals surface area (Å²) in [6, 6.07) is 2.23. The SMILES string of the molecule is C=CC1CC(=O)[C@H](CC=CCCCC(=O)OC)[C@H]1C=CC(CCc1cc(Br)c(C)s1)O[Si](C)(C)C(C)(C)C. The summed E-state index contributed by atoms with van der Waals surface area (Å²) in [5.41, 5.74) is 0. The van der Waals surface area contributed by atoms with Gasteiger partial charge in [0, 0.05) is 33.0 Å². The standard InChI is InChI=1S/C31H47BrO4SSi/c1-9-23-20-29(33)27(14-12-10-11-13-15-30(34)35-6)26(23)19-17-24(36-38(7,8)31(3,4)5)16-18-25-21-28(32)22(2)37-25/h9-10,12,17,19,21,23-24,26-27H,1,11,13-16,18,20H2,2-8H3/t23?,24?,26-,27+/m0/s1. The van der Waals surface area contributed by atoms with Crippen LogP contribution in [0.3, 0.4) is 0 Å². The van der Waals surface area contributed by atoms with Crippen molar-refractivity contribution in [1.29, 1.82) is 0 Å². The number of ether oxygens (including phenoxy) is 1. The molecular weight excluding hydrogens is 576 g/mol. The topological polar surface area (TPSA) is 52.6 Å². The fraction of sp³-hybridized carbons (Fsp3) is 0.613. The largest absolute Gasteiger partial charge is 0.469 e. The first-order chi connectivity index (χ1) is 17.8. The van der Waals surface area contributed by atoms with Crippen molar-refractivity contribution in [3.63, 3.8) is 0 Å². The van der Waals surface area contributed by atoms with Crippen LogP contribution in [0.4, 0.5) is 0 Å². The van der Waals surface area contributed by atoms with Gasteiger partial charge in [0.15, 0.2) is 8.32 Å². The Bertz CT molecular complexity index is 985. The Morgan fingerprint density at radius 3 is 2.61 bits per heavy atom. The summed E-state index contributed by atoms with van der Waals surface area (Å²) in [5, 5.41) is 0.121. The van der Waals surface area contributed by atoms with E-state index >= 15 is 0 Å². The molecule has 2 unspecified atom stereocenters. The predicted octanol–water partition coefficient (Wildman–Crippen LogP) is 9.00. The first-order valence-electron chi connectivity index (χ1n) is 13.8. The van der Waals surface area contributed by atoms with Gasteiger partial charge in [-0.05, 0) is 91.0 Å². The maximum atomic E-state index is 12.9. The molecule has 1 saturated carbocycles. The number of unbranched alkanes of at least 4 members (excludes halogenated alkanes) is 1. The molecule has 0 bridgehead atoms. The third-order valence-electron chi connectivity index (χ3n) is 8.03. The Hall–Kier alpha value is -1.28. The molecule has 1 heterocycles. The highest BCUT2D eigenvalue weighted by Gasteiger charge is 2.40. The molecule has 2 rings (SSSR count). The van der Waals surface area contributed by atoms with E-state index in [-0.39, 0.29) is 34.9 Å². The highest BCUT2D eigenvalue weighted by molar-refractivity contribution is 9.10. The van der Waals surface area contributed by atoms with Gasteiger partial charge >= 0.3 is 5.97 Å². The highest BCUT2D eigenvalue weighted by Crippen LogP contribution is 2.40. The summed E-state index contributed by atoms with van der Waals surface area (Å²) in [6.07, 6.45) is 15.8. The Morgan fingerprint density at radius 1 is 1.32 bits per heavy atom. The molecule has 1 fully saturated rings. The van der Waals surface area contributed by atoms with Crippen molar-refractivity contribution >= 4 is 47.3 Å². The van der Waals surface area contributed by atoms with Crippen LogP contribution in [0.1, 0.15) is 69.1 Å². The zero-order chi connectivity index (χ0) is 28.5. The van der Waals surface area contributed by atoms with E-state index < -0.39 is 8.32 Å². The van der Waals surface area contributed by atoms with Gasteiger partial charge in [0.1, 0.15) is 5.78 Å². The van der Waals surface area contributed by atoms with E-state index in [9.17, 15) is 9.59 Å². The zero-order valence-corrected chi connectivity index (χ0v) is 27.8. The molecule has 7 heteroatoms. The van der Waals surface area contributed by atoms with Gasteiger partial charge in [-0.1, -0.05) is 51.2 Å². The van der Waals surface area contributed by atoms with E-state index in [4.69, 9.17) is 9.16 Å². The number of methoxy groups -OCH3 is 1. The van der Waals surface area contributed by atoms with Gasteiger partial charge in [-0.3, -0.25) is 9.59 Å². The van der Waals surface area contributed by atoms with Gasteiger partial charge in [-0.2, -0.15) is 0 Å². The van der Waals surface area contributed by atoms with E-state index in [0.29, 0.717) is 25.0 Å². The molecule has 0 spiro atoms. The van der Waals surface area contributed by atoms with Crippen LogP contribution >= 0.6 is 27.3 Å². The molecule has 0 aliphatic heterocycles. The molecular formula is C31H47BrO4SSi. The summed E-state index contributed by atoms with van der Waals surface area (Å²) in [5.74, 6) is 0.365. The molecule has 4 atom stereocenters. The predicted molar refractivity (Wildman–Crippen MR) is 166 cm³/mol. The van der Waals surface area contributed by atoms with Crippen LogP contribution in [0, 0.1) is 24.7 Å². The summed E-state index contributed by atoms with van der Waals surface area (Å²) >= 11 is 5.49. The first kappa shape index (κ1) is 32.9. The van der Waals surface area contributed by atoms with Crippen molar-refractivity contribution in [3.8, 4) is 0 Å². The van der Waals surface area contributed by atoms with Crippen molar-refractivity contribution in [2.45, 2.75) is 96.9 Å². The van der Waals surface area contributed by atoms with Crippen LogP contribution in [0.5, 0.6) is 0 Å². The molecule has 0 amide bonds. The summed E-state index contributed by atoms with van der Waals surface area (Å²) < 4.78 is 12.8. The summed E-state index contributed by atoms with van der Waals surface area (Å²) in [4.78, 5) is 26.9. The Balaban J connectivity index is 2.15. The maximum absolute atomic E-state index is 12.9. The Kier molecular flexibility index (Phi) is 12.9. The molecule has 0 aromatic carbocycles. The van der Waals surface area contributed by atoms with E-state index in [1.807, 2.05) is 17.4 Å². The van der Waals surface area contributed by atoms with Gasteiger partial charge in [-0.15, -0.1) is 17.9 Å². The van der Waals surface area contributed by atoms with Crippen LogP contribution in [0.2, 0.25) is 18.1 Å². The monoisotopic (exact) mass is 622 g/mol. The zero-order valence-electron chi connectivity index (χ0n) is 24.3. The lowest BCUT2D eigenvalue weighted by atomic mass is 9.86. The molecule has 0 saturated heterocycles. The van der Waals surface area contributed by atoms with Crippen LogP contribution in [0.15, 0.2) is 47.5 Å². The van der Waals surface area contributed by atoms with Crippen LogP contribution < -0.4 is 0 Å². The number of rotatable bonds is 14. The second kappa shape index (κ2) is 14.9. The van der Waals surface area contributed by atoms with Crippen LogP contribution in [-0.4, -0.2) is 33.3 Å². The van der Waals surface area contributed by atoms with Crippen LogP contribution in [0.25, 0.3) is 0 Å². The van der Waals surface area contributed by atoms with Gasteiger partial charge in [-0.25, -0.2) is 0 Å². The lowest BCUT2D eigenvalue weighted by Gasteiger charge is -2.38. The third kappa shape index (κ3) is 9.72. The van der Waals surface area contributed by atoms with E-state index in [2.05, 4.69) is 93.7 Å². The number of carbonyl (C=O) groups excluding carboxylic acids is 2. The van der Waals surface area contributed by atoms with E-state index in [0.717, 1.165) is 25.7 Å². The van der Waals surface area contributed by atoms with Crippen molar-refractivity contribution in [2.24, 2.45) is 17.8 Å². The Labute approximate surface area is 244 Å². The van der Waals surface area contributed by atoms with Gasteiger partial charge in [0.05, 0.1) is 13.2 Å². The second-order valence-electron chi connectivity index (χ2n) is 11.9. The third-order valence-corrected chi connectivity index (χ3v) is 14.7.